The van der Waals surface area contributed by atoms with E-state index in [0.29, 0.717) is 5.56 Å². The molecule has 0 fully saturated rings. The Kier molecular flexibility index (Phi) is 5.13. The minimum Gasteiger partial charge on any atom is -0.465 e. The standard InChI is InChI=1S/C14H10ClIO2S/c1-18-14(17)9-2-4-10(5-3-9)19-11-6-7-13(16)12(15)8-11/h2-8H,1H3. The lowest BCUT2D eigenvalue weighted by Crippen LogP contribution is -2.00. The van der Waals surface area contributed by atoms with Crippen LogP contribution in [-0.2, 0) is 4.74 Å². The van der Waals surface area contributed by atoms with Crippen molar-refractivity contribution in [3.8, 4) is 0 Å². The molecule has 0 aromatic heterocycles. The molecule has 0 heterocycles. The van der Waals surface area contributed by atoms with E-state index in [1.165, 1.54) is 7.11 Å². The molecule has 2 rings (SSSR count). The van der Waals surface area contributed by atoms with E-state index in [1.807, 2.05) is 30.3 Å². The molecule has 0 spiro atoms. The molecule has 0 radical (unpaired) electrons. The fourth-order valence-electron chi connectivity index (χ4n) is 1.45. The third-order valence-electron chi connectivity index (χ3n) is 2.40. The van der Waals surface area contributed by atoms with Crippen LogP contribution in [0.4, 0.5) is 0 Å². The van der Waals surface area contributed by atoms with Crippen LogP contribution in [0.3, 0.4) is 0 Å². The summed E-state index contributed by atoms with van der Waals surface area (Å²) in [5.41, 5.74) is 0.549. The second kappa shape index (κ2) is 6.63. The van der Waals surface area contributed by atoms with Crippen LogP contribution in [0.2, 0.25) is 5.02 Å². The Balaban J connectivity index is 2.15. The van der Waals surface area contributed by atoms with Gasteiger partial charge in [-0.15, -0.1) is 0 Å². The molecular weight excluding hydrogens is 395 g/mol. The maximum absolute atomic E-state index is 11.3. The van der Waals surface area contributed by atoms with Gasteiger partial charge in [0.25, 0.3) is 0 Å². The first-order valence-electron chi connectivity index (χ1n) is 5.41. The summed E-state index contributed by atoms with van der Waals surface area (Å²) in [5, 5.41) is 0.747. The molecular formula is C14H10ClIO2S. The van der Waals surface area contributed by atoms with Crippen molar-refractivity contribution in [2.24, 2.45) is 0 Å². The predicted octanol–water partition coefficient (Wildman–Crippen LogP) is 4.88. The molecule has 5 heteroatoms. The Morgan fingerprint density at radius 2 is 1.79 bits per heavy atom. The van der Waals surface area contributed by atoms with Gasteiger partial charge in [0.15, 0.2) is 0 Å². The zero-order valence-corrected chi connectivity index (χ0v) is 13.8. The number of ether oxygens (including phenoxy) is 1. The van der Waals surface area contributed by atoms with Crippen LogP contribution in [-0.4, -0.2) is 13.1 Å². The minimum absolute atomic E-state index is 0.325. The zero-order valence-electron chi connectivity index (χ0n) is 10.0. The van der Waals surface area contributed by atoms with Crippen LogP contribution >= 0.6 is 46.0 Å². The highest BCUT2D eigenvalue weighted by molar-refractivity contribution is 14.1. The number of hydrogen-bond donors (Lipinski definition) is 0. The molecule has 0 saturated carbocycles. The molecule has 2 nitrogen and oxygen atoms in total. The number of hydrogen-bond acceptors (Lipinski definition) is 3. The first kappa shape index (κ1) is 14.7. The van der Waals surface area contributed by atoms with Crippen molar-refractivity contribution in [3.05, 3.63) is 56.6 Å². The van der Waals surface area contributed by atoms with Gasteiger partial charge in [0, 0.05) is 13.4 Å². The summed E-state index contributed by atoms with van der Waals surface area (Å²) >= 11 is 9.88. The Bertz CT molecular complexity index is 599. The summed E-state index contributed by atoms with van der Waals surface area (Å²) in [6.45, 7) is 0. The number of esters is 1. The van der Waals surface area contributed by atoms with Crippen molar-refractivity contribution in [1.82, 2.24) is 0 Å². The highest BCUT2D eigenvalue weighted by Crippen LogP contribution is 2.31. The Morgan fingerprint density at radius 1 is 1.16 bits per heavy atom. The third kappa shape index (κ3) is 3.87. The van der Waals surface area contributed by atoms with E-state index in [-0.39, 0.29) is 5.97 Å². The quantitative estimate of drug-likeness (QED) is 0.538. The zero-order chi connectivity index (χ0) is 13.8. The molecule has 0 bridgehead atoms. The fraction of sp³-hybridized carbons (Fsp3) is 0.0714. The van der Waals surface area contributed by atoms with Crippen LogP contribution in [0.5, 0.6) is 0 Å². The lowest BCUT2D eigenvalue weighted by atomic mass is 10.2. The summed E-state index contributed by atoms with van der Waals surface area (Å²) in [4.78, 5) is 13.4. The number of rotatable bonds is 3. The van der Waals surface area contributed by atoms with E-state index in [2.05, 4.69) is 27.3 Å². The first-order valence-corrected chi connectivity index (χ1v) is 7.69. The molecule has 0 amide bonds. The smallest absolute Gasteiger partial charge is 0.337 e. The van der Waals surface area contributed by atoms with Gasteiger partial charge in [0.1, 0.15) is 0 Å². The topological polar surface area (TPSA) is 26.3 Å². The second-order valence-electron chi connectivity index (χ2n) is 3.69. The van der Waals surface area contributed by atoms with Crippen LogP contribution in [0.25, 0.3) is 0 Å². The molecule has 0 aliphatic carbocycles. The largest absolute Gasteiger partial charge is 0.465 e. The first-order chi connectivity index (χ1) is 9.10. The molecule has 0 saturated heterocycles. The Labute approximate surface area is 134 Å². The van der Waals surface area contributed by atoms with Crippen LogP contribution in [0, 0.1) is 3.57 Å². The average molecular weight is 405 g/mol. The lowest BCUT2D eigenvalue weighted by molar-refractivity contribution is 0.0600. The van der Waals surface area contributed by atoms with Crippen LogP contribution in [0.1, 0.15) is 10.4 Å². The summed E-state index contributed by atoms with van der Waals surface area (Å²) in [5.74, 6) is -0.325. The van der Waals surface area contributed by atoms with E-state index < -0.39 is 0 Å². The summed E-state index contributed by atoms with van der Waals surface area (Å²) < 4.78 is 5.69. The van der Waals surface area contributed by atoms with Crippen molar-refractivity contribution in [3.63, 3.8) is 0 Å². The lowest BCUT2D eigenvalue weighted by Gasteiger charge is -2.04. The van der Waals surface area contributed by atoms with Gasteiger partial charge >= 0.3 is 5.97 Å². The van der Waals surface area contributed by atoms with E-state index in [9.17, 15) is 4.79 Å². The Morgan fingerprint density at radius 3 is 2.37 bits per heavy atom. The normalized spacial score (nSPS) is 10.3. The molecule has 0 N–H and O–H groups in total. The van der Waals surface area contributed by atoms with Crippen LogP contribution in [0.15, 0.2) is 52.3 Å². The van der Waals surface area contributed by atoms with Gasteiger partial charge in [-0.05, 0) is 65.1 Å². The van der Waals surface area contributed by atoms with E-state index in [1.54, 1.807) is 23.9 Å². The highest BCUT2D eigenvalue weighted by atomic mass is 127. The van der Waals surface area contributed by atoms with Gasteiger partial charge in [-0.2, -0.15) is 0 Å². The number of carbonyl (C=O) groups is 1. The summed E-state index contributed by atoms with van der Waals surface area (Å²) in [7, 11) is 1.37. The molecule has 0 atom stereocenters. The molecule has 2 aromatic rings. The molecule has 98 valence electrons. The van der Waals surface area contributed by atoms with E-state index >= 15 is 0 Å². The van der Waals surface area contributed by atoms with Crippen LogP contribution < -0.4 is 0 Å². The second-order valence-corrected chi connectivity index (χ2v) is 6.41. The van der Waals surface area contributed by atoms with Gasteiger partial charge in [-0.25, -0.2) is 4.79 Å². The monoisotopic (exact) mass is 404 g/mol. The molecule has 0 aliphatic heterocycles. The fourth-order valence-corrected chi connectivity index (χ4v) is 2.89. The molecule has 19 heavy (non-hydrogen) atoms. The van der Waals surface area contributed by atoms with Gasteiger partial charge in [0.05, 0.1) is 17.7 Å². The predicted molar refractivity (Wildman–Crippen MR) is 86.1 cm³/mol. The van der Waals surface area contributed by atoms with Crippen molar-refractivity contribution < 1.29 is 9.53 Å². The van der Waals surface area contributed by atoms with Gasteiger partial charge < -0.3 is 4.74 Å². The summed E-state index contributed by atoms with van der Waals surface area (Å²) in [6, 6.07) is 13.2. The van der Waals surface area contributed by atoms with E-state index in [4.69, 9.17) is 11.6 Å². The van der Waals surface area contributed by atoms with Gasteiger partial charge in [-0.1, -0.05) is 23.4 Å². The molecule has 0 unspecified atom stereocenters. The number of benzene rings is 2. The molecule has 2 aromatic carbocycles. The maximum atomic E-state index is 11.3. The van der Waals surface area contributed by atoms with Crippen molar-refractivity contribution in [2.45, 2.75) is 9.79 Å². The number of carbonyl (C=O) groups excluding carboxylic acids is 1. The minimum atomic E-state index is -0.325. The highest BCUT2D eigenvalue weighted by Gasteiger charge is 2.05. The van der Waals surface area contributed by atoms with Crippen molar-refractivity contribution in [1.29, 1.82) is 0 Å². The average Bonchev–Trinajstić information content (AvgIpc) is 2.43. The summed E-state index contributed by atoms with van der Waals surface area (Å²) in [6.07, 6.45) is 0. The van der Waals surface area contributed by atoms with Crippen molar-refractivity contribution >= 4 is 51.9 Å². The van der Waals surface area contributed by atoms with Crippen molar-refractivity contribution in [2.75, 3.05) is 7.11 Å². The molecule has 0 aliphatic rings. The SMILES string of the molecule is COC(=O)c1ccc(Sc2ccc(I)c(Cl)c2)cc1. The Hall–Kier alpha value is -0.720. The number of halogens is 2. The number of methoxy groups -OCH3 is 1. The van der Waals surface area contributed by atoms with Gasteiger partial charge in [-0.3, -0.25) is 0 Å². The van der Waals surface area contributed by atoms with E-state index in [0.717, 1.165) is 18.4 Å². The maximum Gasteiger partial charge on any atom is 0.337 e. The third-order valence-corrected chi connectivity index (χ3v) is 4.97. The van der Waals surface area contributed by atoms with Gasteiger partial charge in [0.2, 0.25) is 0 Å².